The summed E-state index contributed by atoms with van der Waals surface area (Å²) in [5.74, 6) is 6.28. The SMILES string of the molecule is CCC1O[C@@H](OC2C(C)[C@H](C)C(CC)O[C@H]2OC)C(C)C(C)[C@@H]1C.CCC1O[C@H](OC2C(C)[C@H](C)C(CC)O[C@H]2OC)C(C)C(C)[C@@H]1C.CCC1O[C@H](OP(=O)(Oc2ccccc2)Oc2ccccc2)C(C)C(C)[C@@H]1C. The Morgan fingerprint density at radius 2 is 0.618 bits per heavy atom. The van der Waals surface area contributed by atoms with Crippen molar-refractivity contribution < 1.29 is 60.8 Å². The normalized spacial score (nSPS) is 41.9. The van der Waals surface area contributed by atoms with Crippen LogP contribution in [0.3, 0.4) is 0 Å². The van der Waals surface area contributed by atoms with Crippen LogP contribution in [0.2, 0.25) is 0 Å². The zero-order valence-corrected chi connectivity index (χ0v) is 51.4. The Labute approximate surface area is 461 Å². The lowest BCUT2D eigenvalue weighted by Gasteiger charge is -2.48. The zero-order valence-electron chi connectivity index (χ0n) is 50.5. The molecule has 0 aliphatic carbocycles. The van der Waals surface area contributed by atoms with Crippen LogP contribution < -0.4 is 9.05 Å². The molecular weight excluding hydrogens is 984 g/mol. The van der Waals surface area contributed by atoms with Gasteiger partial charge in [0, 0.05) is 32.0 Å². The molecule has 76 heavy (non-hydrogen) atoms. The number of hydrogen-bond acceptors (Lipinski definition) is 13. The Bertz CT molecular complexity index is 1850. The summed E-state index contributed by atoms with van der Waals surface area (Å²) in [7, 11) is -0.558. The molecule has 0 N–H and O–H groups in total. The molecule has 0 radical (unpaired) electrons. The molecule has 25 atom stereocenters. The molecule has 2 aromatic carbocycles. The molecule has 5 aliphatic rings. The number of rotatable bonds is 17. The van der Waals surface area contributed by atoms with Crippen LogP contribution in [-0.4, -0.2) is 88.4 Å². The van der Waals surface area contributed by atoms with E-state index in [0.717, 1.165) is 32.1 Å². The van der Waals surface area contributed by atoms with Crippen LogP contribution in [0.15, 0.2) is 60.7 Å². The van der Waals surface area contributed by atoms with Crippen molar-refractivity contribution in [1.29, 1.82) is 0 Å². The van der Waals surface area contributed by atoms with Crippen molar-refractivity contribution in [2.75, 3.05) is 14.2 Å². The molecule has 5 aliphatic heterocycles. The van der Waals surface area contributed by atoms with Gasteiger partial charge < -0.3 is 51.7 Å². The fourth-order valence-electron chi connectivity index (χ4n) is 12.2. The molecule has 5 fully saturated rings. The standard InChI is InChI=1S/C22H29O5P.2C20H38O4/c1-5-21-17(3)16(2)18(4)22(24-21)27-28(23,25-19-12-8-6-9-13-19)26-20-14-10-7-11-15-20;2*1-9-16-12(4)11(3)15(7)19(22-16)24-18-14(6)13(5)17(10-2)23-20(18)21-8/h6-18,21-22H,5H2,1-4H3;2*11-20H,9-10H2,1-8H3/t16?,17-,18?,21?,22+;11?,12-,13-,14?,15?,16?,17?,18?,19+,20+;11?,12-,13-,14?,15?,16?,17?,18?,19-,20+/m000/s1. The van der Waals surface area contributed by atoms with E-state index in [0.29, 0.717) is 82.5 Å². The molecule has 13 nitrogen and oxygen atoms in total. The van der Waals surface area contributed by atoms with Gasteiger partial charge in [-0.1, -0.05) is 161 Å². The summed E-state index contributed by atoms with van der Waals surface area (Å²) in [6, 6.07) is 17.8. The first-order chi connectivity index (χ1) is 36.1. The van der Waals surface area contributed by atoms with Gasteiger partial charge in [0.1, 0.15) is 23.7 Å². The van der Waals surface area contributed by atoms with Crippen molar-refractivity contribution in [3.8, 4) is 11.5 Å². The summed E-state index contributed by atoms with van der Waals surface area (Å²) >= 11 is 0. The minimum absolute atomic E-state index is 0.0399. The maximum absolute atomic E-state index is 13.6. The fraction of sp³-hybridized carbons (Fsp3) is 0.806. The van der Waals surface area contributed by atoms with Crippen molar-refractivity contribution in [1.82, 2.24) is 0 Å². The molecule has 0 saturated carbocycles. The average molecular weight is 1090 g/mol. The third-order valence-corrected chi connectivity index (χ3v) is 20.5. The smallest absolute Gasteiger partial charge is 0.395 e. The van der Waals surface area contributed by atoms with E-state index in [2.05, 4.69) is 118 Å². The highest BCUT2D eigenvalue weighted by molar-refractivity contribution is 7.49. The number of hydrogen-bond donors (Lipinski definition) is 0. The van der Waals surface area contributed by atoms with Gasteiger partial charge in [-0.3, -0.25) is 0 Å². The Kier molecular flexibility index (Phi) is 25.6. The van der Waals surface area contributed by atoms with E-state index in [4.69, 9.17) is 56.2 Å². The van der Waals surface area contributed by atoms with Crippen LogP contribution in [0.25, 0.3) is 0 Å². The third-order valence-electron chi connectivity index (χ3n) is 19.2. The highest BCUT2D eigenvalue weighted by atomic mass is 31.2. The molecular formula is C62H105O13P. The van der Waals surface area contributed by atoms with Gasteiger partial charge >= 0.3 is 7.82 Å². The van der Waals surface area contributed by atoms with Gasteiger partial charge in [-0.15, -0.1) is 0 Å². The van der Waals surface area contributed by atoms with Crippen molar-refractivity contribution >= 4 is 7.82 Å². The number of methoxy groups -OCH3 is 2. The van der Waals surface area contributed by atoms with Gasteiger partial charge in [0.25, 0.3) is 0 Å². The Hall–Kier alpha value is -2.13. The van der Waals surface area contributed by atoms with Crippen molar-refractivity contribution in [2.24, 2.45) is 76.9 Å². The summed E-state index contributed by atoms with van der Waals surface area (Å²) in [6.45, 7) is 40.0. The quantitative estimate of drug-likeness (QED) is 0.140. The van der Waals surface area contributed by atoms with Crippen LogP contribution in [0.1, 0.15) is 157 Å². The summed E-state index contributed by atoms with van der Waals surface area (Å²) in [5.41, 5.74) is 0. The van der Waals surface area contributed by atoms with Crippen LogP contribution in [-0.2, 0) is 51.7 Å². The topological polar surface area (TPSA) is 128 Å². The largest absolute Gasteiger partial charge is 0.589 e. The van der Waals surface area contributed by atoms with E-state index in [1.165, 1.54) is 0 Å². The first-order valence-corrected chi connectivity index (χ1v) is 31.0. The number of phosphoric acid groups is 1. The first kappa shape index (κ1) is 64.7. The van der Waals surface area contributed by atoms with Gasteiger partial charge in [0.2, 0.25) is 0 Å². The molecule has 0 aromatic heterocycles. The highest BCUT2D eigenvalue weighted by Gasteiger charge is 2.49. The van der Waals surface area contributed by atoms with Crippen molar-refractivity contribution in [3.05, 3.63) is 60.7 Å². The lowest BCUT2D eigenvalue weighted by atomic mass is 9.78. The summed E-state index contributed by atoms with van der Waals surface area (Å²) in [5, 5.41) is 0. The summed E-state index contributed by atoms with van der Waals surface area (Å²) in [6.07, 6.45) is 4.12. The second-order valence-corrected chi connectivity index (χ2v) is 24.9. The molecule has 5 heterocycles. The summed E-state index contributed by atoms with van der Waals surface area (Å²) < 4.78 is 86.4. The van der Waals surface area contributed by atoms with Gasteiger partial charge in [-0.25, -0.2) is 9.09 Å². The first-order valence-electron chi connectivity index (χ1n) is 29.5. The van der Waals surface area contributed by atoms with Crippen LogP contribution >= 0.6 is 7.82 Å². The maximum atomic E-state index is 13.6. The lowest BCUT2D eigenvalue weighted by molar-refractivity contribution is -0.333. The van der Waals surface area contributed by atoms with Crippen molar-refractivity contribution in [3.63, 3.8) is 0 Å². The van der Waals surface area contributed by atoms with Gasteiger partial charge in [-0.05, 0) is 116 Å². The maximum Gasteiger partial charge on any atom is 0.589 e. The zero-order chi connectivity index (χ0) is 56.2. The minimum Gasteiger partial charge on any atom is -0.395 e. The minimum atomic E-state index is -3.98. The van der Waals surface area contributed by atoms with Crippen LogP contribution in [0, 0.1) is 76.9 Å². The number of benzene rings is 2. The molecule has 2 aromatic rings. The van der Waals surface area contributed by atoms with E-state index in [9.17, 15) is 4.57 Å². The lowest BCUT2D eigenvalue weighted by Crippen LogP contribution is -2.55. The van der Waals surface area contributed by atoms with Crippen molar-refractivity contribution in [2.45, 2.75) is 231 Å². The Balaban J connectivity index is 0.000000212. The van der Waals surface area contributed by atoms with E-state index >= 15 is 0 Å². The molecule has 436 valence electrons. The Morgan fingerprint density at radius 1 is 0.355 bits per heavy atom. The van der Waals surface area contributed by atoms with Gasteiger partial charge in [0.15, 0.2) is 31.5 Å². The van der Waals surface area contributed by atoms with E-state index in [1.807, 2.05) is 19.1 Å². The van der Waals surface area contributed by atoms with E-state index in [1.54, 1.807) is 62.8 Å². The van der Waals surface area contributed by atoms with E-state index in [-0.39, 0.29) is 73.8 Å². The average Bonchev–Trinajstić information content (AvgIpc) is 3.42. The van der Waals surface area contributed by atoms with Crippen LogP contribution in [0.4, 0.5) is 0 Å². The van der Waals surface area contributed by atoms with Gasteiger partial charge in [-0.2, -0.15) is 0 Å². The molecule has 14 heteroatoms. The van der Waals surface area contributed by atoms with Gasteiger partial charge in [0.05, 0.1) is 30.5 Å². The second kappa shape index (κ2) is 30.1. The molecule has 0 bridgehead atoms. The molecule has 15 unspecified atom stereocenters. The summed E-state index contributed by atoms with van der Waals surface area (Å²) in [4.78, 5) is 0. The van der Waals surface area contributed by atoms with Crippen LogP contribution in [0.5, 0.6) is 11.5 Å². The molecule has 0 amide bonds. The monoisotopic (exact) mass is 1090 g/mol. The third kappa shape index (κ3) is 15.9. The molecule has 0 spiro atoms. The fourth-order valence-corrected chi connectivity index (χ4v) is 13.6. The Morgan fingerprint density at radius 3 is 0.908 bits per heavy atom. The number of para-hydroxylation sites is 2. The number of ether oxygens (including phenoxy) is 9. The van der Waals surface area contributed by atoms with E-state index < -0.39 is 14.1 Å². The molecule has 5 saturated heterocycles. The predicted octanol–water partition coefficient (Wildman–Crippen LogP) is 15.2. The molecule has 7 rings (SSSR count). The predicted molar refractivity (Wildman–Crippen MR) is 300 cm³/mol. The second-order valence-electron chi connectivity index (χ2n) is 23.5. The highest BCUT2D eigenvalue weighted by Crippen LogP contribution is 2.53. The number of phosphoric ester groups is 1.